The molecule has 2 aromatic heterocycles. The van der Waals surface area contributed by atoms with Crippen LogP contribution in [0.4, 0.5) is 0 Å². The van der Waals surface area contributed by atoms with Gasteiger partial charge >= 0.3 is 0 Å². The number of likely N-dealkylation sites (tertiary alicyclic amines) is 1. The van der Waals surface area contributed by atoms with E-state index in [1.807, 2.05) is 0 Å². The molecule has 0 spiro atoms. The summed E-state index contributed by atoms with van der Waals surface area (Å²) in [5.74, 6) is 1.84. The Morgan fingerprint density at radius 2 is 1.86 bits per heavy atom. The van der Waals surface area contributed by atoms with E-state index in [0.29, 0.717) is 12.0 Å². The van der Waals surface area contributed by atoms with Gasteiger partial charge in [0.2, 0.25) is 0 Å². The van der Waals surface area contributed by atoms with Gasteiger partial charge in [0.05, 0.1) is 16.7 Å². The van der Waals surface area contributed by atoms with E-state index in [1.165, 1.54) is 36.3 Å². The summed E-state index contributed by atoms with van der Waals surface area (Å²) < 4.78 is 2.58. The van der Waals surface area contributed by atoms with E-state index in [4.69, 9.17) is 4.98 Å². The summed E-state index contributed by atoms with van der Waals surface area (Å²) in [4.78, 5) is 12.3. The molecule has 146 valence electrons. The molecule has 0 bridgehead atoms. The second kappa shape index (κ2) is 7.64. The van der Waals surface area contributed by atoms with Crippen molar-refractivity contribution in [1.82, 2.24) is 24.8 Å². The van der Waals surface area contributed by atoms with Gasteiger partial charge in [-0.25, -0.2) is 4.98 Å². The third-order valence-corrected chi connectivity index (χ3v) is 6.30. The largest absolute Gasteiger partial charge is 0.324 e. The quantitative estimate of drug-likeness (QED) is 0.756. The maximum Gasteiger partial charge on any atom is 0.114 e. The molecule has 0 radical (unpaired) electrons. The second-order valence-corrected chi connectivity index (χ2v) is 8.30. The SMILES string of the molecule is Cc1cccc(CN2CCC(n3c([C@@H]4CCNC4)nc4ccccc43)CC2)n1. The number of aryl methyl sites for hydroxylation is 1. The molecule has 0 amide bonds. The average molecular weight is 376 g/mol. The molecule has 28 heavy (non-hydrogen) atoms. The maximum absolute atomic E-state index is 5.07. The Labute approximate surface area is 166 Å². The summed E-state index contributed by atoms with van der Waals surface area (Å²) >= 11 is 0. The lowest BCUT2D eigenvalue weighted by Gasteiger charge is -2.34. The van der Waals surface area contributed by atoms with Gasteiger partial charge in [0.15, 0.2) is 0 Å². The lowest BCUT2D eigenvalue weighted by molar-refractivity contribution is 0.177. The van der Waals surface area contributed by atoms with Crippen molar-refractivity contribution in [2.45, 2.75) is 44.7 Å². The van der Waals surface area contributed by atoms with Gasteiger partial charge < -0.3 is 9.88 Å². The Hall–Kier alpha value is -2.24. The first kappa shape index (κ1) is 17.8. The third-order valence-electron chi connectivity index (χ3n) is 6.30. The van der Waals surface area contributed by atoms with Crippen LogP contribution in [0.1, 0.15) is 48.4 Å². The number of rotatable bonds is 4. The summed E-state index contributed by atoms with van der Waals surface area (Å²) in [6.45, 7) is 7.43. The highest BCUT2D eigenvalue weighted by molar-refractivity contribution is 5.76. The zero-order valence-electron chi connectivity index (χ0n) is 16.6. The Balaban J connectivity index is 1.36. The Morgan fingerprint density at radius 1 is 1.00 bits per heavy atom. The van der Waals surface area contributed by atoms with Gasteiger partial charge in [-0.1, -0.05) is 18.2 Å². The van der Waals surface area contributed by atoms with E-state index in [2.05, 4.69) is 69.2 Å². The van der Waals surface area contributed by atoms with E-state index >= 15 is 0 Å². The van der Waals surface area contributed by atoms with Crippen LogP contribution in [0.3, 0.4) is 0 Å². The minimum Gasteiger partial charge on any atom is -0.324 e. The van der Waals surface area contributed by atoms with Crippen LogP contribution in [-0.4, -0.2) is 45.6 Å². The normalized spacial score (nSPS) is 21.5. The smallest absolute Gasteiger partial charge is 0.114 e. The van der Waals surface area contributed by atoms with Crippen LogP contribution < -0.4 is 5.32 Å². The molecule has 2 aliphatic rings. The van der Waals surface area contributed by atoms with E-state index in [0.717, 1.165) is 43.9 Å². The van der Waals surface area contributed by atoms with Crippen molar-refractivity contribution >= 4 is 11.0 Å². The van der Waals surface area contributed by atoms with Gasteiger partial charge in [-0.15, -0.1) is 0 Å². The molecule has 1 N–H and O–H groups in total. The highest BCUT2D eigenvalue weighted by atomic mass is 15.2. The first-order chi connectivity index (χ1) is 13.8. The molecule has 2 aliphatic heterocycles. The van der Waals surface area contributed by atoms with Gasteiger partial charge in [0, 0.05) is 43.8 Å². The number of hydrogen-bond donors (Lipinski definition) is 1. The van der Waals surface area contributed by atoms with Crippen LogP contribution in [0.25, 0.3) is 11.0 Å². The van der Waals surface area contributed by atoms with Crippen molar-refractivity contribution in [2.24, 2.45) is 0 Å². The van der Waals surface area contributed by atoms with Crippen molar-refractivity contribution in [3.8, 4) is 0 Å². The topological polar surface area (TPSA) is 46.0 Å². The molecule has 0 saturated carbocycles. The van der Waals surface area contributed by atoms with E-state index < -0.39 is 0 Å². The number of aromatic nitrogens is 3. The van der Waals surface area contributed by atoms with Crippen LogP contribution in [0, 0.1) is 6.92 Å². The lowest BCUT2D eigenvalue weighted by Crippen LogP contribution is -2.35. The molecule has 1 atom stereocenters. The van der Waals surface area contributed by atoms with Crippen LogP contribution in [-0.2, 0) is 6.54 Å². The van der Waals surface area contributed by atoms with Gasteiger partial charge in [-0.3, -0.25) is 9.88 Å². The fraction of sp³-hybridized carbons (Fsp3) is 0.478. The molecule has 0 unspecified atom stereocenters. The second-order valence-electron chi connectivity index (χ2n) is 8.30. The van der Waals surface area contributed by atoms with Gasteiger partial charge in [-0.2, -0.15) is 0 Å². The monoisotopic (exact) mass is 375 g/mol. The van der Waals surface area contributed by atoms with Crippen molar-refractivity contribution in [3.05, 3.63) is 59.7 Å². The summed E-state index contributed by atoms with van der Waals surface area (Å²) in [6, 6.07) is 15.5. The summed E-state index contributed by atoms with van der Waals surface area (Å²) in [5, 5.41) is 3.52. The zero-order valence-corrected chi connectivity index (χ0v) is 16.6. The van der Waals surface area contributed by atoms with Crippen LogP contribution in [0.15, 0.2) is 42.5 Å². The summed E-state index contributed by atoms with van der Waals surface area (Å²) in [7, 11) is 0. The Kier molecular flexibility index (Phi) is 4.87. The first-order valence-corrected chi connectivity index (χ1v) is 10.6. The van der Waals surface area contributed by atoms with Gasteiger partial charge in [0.1, 0.15) is 5.82 Å². The number of hydrogen-bond acceptors (Lipinski definition) is 4. The standard InChI is InChI=1S/C23H29N5/c1-17-5-4-6-19(25-17)16-27-13-10-20(11-14-27)28-22-8-3-2-7-21(22)26-23(28)18-9-12-24-15-18/h2-8,18,20,24H,9-16H2,1H3/t18-/m1/s1. The van der Waals surface area contributed by atoms with Gasteiger partial charge in [-0.05, 0) is 57.0 Å². The third kappa shape index (κ3) is 3.45. The molecule has 5 heteroatoms. The molecular weight excluding hydrogens is 346 g/mol. The van der Waals surface area contributed by atoms with E-state index in [-0.39, 0.29) is 0 Å². The molecule has 0 aliphatic carbocycles. The number of benzene rings is 1. The number of nitrogens with one attached hydrogen (secondary N) is 1. The zero-order chi connectivity index (χ0) is 18.9. The fourth-order valence-electron chi connectivity index (χ4n) is 4.86. The summed E-state index contributed by atoms with van der Waals surface area (Å²) in [6.07, 6.45) is 3.56. The van der Waals surface area contributed by atoms with Crippen molar-refractivity contribution in [3.63, 3.8) is 0 Å². The minimum absolute atomic E-state index is 0.543. The molecule has 5 nitrogen and oxygen atoms in total. The molecule has 4 heterocycles. The predicted molar refractivity (Wildman–Crippen MR) is 112 cm³/mol. The average Bonchev–Trinajstić information content (AvgIpc) is 3.36. The maximum atomic E-state index is 5.07. The van der Waals surface area contributed by atoms with Crippen LogP contribution >= 0.6 is 0 Å². The molecule has 2 fully saturated rings. The van der Waals surface area contributed by atoms with Crippen LogP contribution in [0.2, 0.25) is 0 Å². The van der Waals surface area contributed by atoms with Crippen LogP contribution in [0.5, 0.6) is 0 Å². The molecule has 1 aromatic carbocycles. The number of fused-ring (bicyclic) bond motifs is 1. The van der Waals surface area contributed by atoms with Crippen molar-refractivity contribution < 1.29 is 0 Å². The number of nitrogens with zero attached hydrogens (tertiary/aromatic N) is 4. The molecular formula is C23H29N5. The minimum atomic E-state index is 0.543. The fourth-order valence-corrected chi connectivity index (χ4v) is 4.86. The Morgan fingerprint density at radius 3 is 2.64 bits per heavy atom. The van der Waals surface area contributed by atoms with Crippen molar-refractivity contribution in [1.29, 1.82) is 0 Å². The number of piperidine rings is 1. The van der Waals surface area contributed by atoms with E-state index in [9.17, 15) is 0 Å². The lowest BCUT2D eigenvalue weighted by atomic mass is 10.0. The predicted octanol–water partition coefficient (Wildman–Crippen LogP) is 3.65. The first-order valence-electron chi connectivity index (χ1n) is 10.6. The summed E-state index contributed by atoms with van der Waals surface area (Å²) in [5.41, 5.74) is 4.75. The molecule has 2 saturated heterocycles. The number of para-hydroxylation sites is 2. The van der Waals surface area contributed by atoms with E-state index in [1.54, 1.807) is 0 Å². The highest BCUT2D eigenvalue weighted by Gasteiger charge is 2.29. The van der Waals surface area contributed by atoms with Gasteiger partial charge in [0.25, 0.3) is 0 Å². The highest BCUT2D eigenvalue weighted by Crippen LogP contribution is 2.33. The van der Waals surface area contributed by atoms with Crippen molar-refractivity contribution in [2.75, 3.05) is 26.2 Å². The molecule has 3 aromatic rings. The number of pyridine rings is 1. The Bertz CT molecular complexity index is 949. The number of imidazole rings is 1. The molecule has 5 rings (SSSR count).